The number of barbiturate groups is 1. The van der Waals surface area contributed by atoms with Gasteiger partial charge in [-0.05, 0) is 79.1 Å². The Bertz CT molecular complexity index is 1470. The first kappa shape index (κ1) is 26.4. The molecule has 1 fully saturated rings. The second-order valence-electron chi connectivity index (χ2n) is 8.43. The maximum atomic E-state index is 13.1. The number of nitrogens with zero attached hydrogens (tertiary/aromatic N) is 1. The van der Waals surface area contributed by atoms with E-state index >= 15 is 0 Å². The van der Waals surface area contributed by atoms with Crippen LogP contribution in [0.4, 0.5) is 16.2 Å². The van der Waals surface area contributed by atoms with Gasteiger partial charge in [-0.3, -0.25) is 19.7 Å². The molecule has 0 unspecified atom stereocenters. The van der Waals surface area contributed by atoms with E-state index in [1.807, 2.05) is 32.0 Å². The van der Waals surface area contributed by atoms with E-state index in [2.05, 4.69) is 10.6 Å². The van der Waals surface area contributed by atoms with Crippen molar-refractivity contribution >= 4 is 52.8 Å². The predicted octanol–water partition coefficient (Wildman–Crippen LogP) is 4.65. The Hall–Kier alpha value is -4.63. The average molecular weight is 534 g/mol. The fourth-order valence-corrected chi connectivity index (χ4v) is 3.88. The Balaban J connectivity index is 1.51. The van der Waals surface area contributed by atoms with Crippen LogP contribution in [-0.2, 0) is 14.4 Å². The Labute approximate surface area is 224 Å². The number of aryl methyl sites for hydroxylation is 1. The van der Waals surface area contributed by atoms with E-state index in [0.29, 0.717) is 22.0 Å². The van der Waals surface area contributed by atoms with E-state index < -0.39 is 17.8 Å². The average Bonchev–Trinajstić information content (AvgIpc) is 2.89. The number of anilines is 2. The minimum atomic E-state index is -0.861. The Morgan fingerprint density at radius 1 is 1.03 bits per heavy atom. The van der Waals surface area contributed by atoms with Crippen LogP contribution in [0.5, 0.6) is 11.5 Å². The van der Waals surface area contributed by atoms with Gasteiger partial charge in [-0.2, -0.15) is 0 Å². The van der Waals surface area contributed by atoms with E-state index in [1.165, 1.54) is 37.5 Å². The number of hydrogen-bond acceptors (Lipinski definition) is 6. The summed E-state index contributed by atoms with van der Waals surface area (Å²) in [5, 5.41) is 5.42. The quantitative estimate of drug-likeness (QED) is 0.337. The zero-order valence-electron chi connectivity index (χ0n) is 20.8. The second kappa shape index (κ2) is 11.2. The molecular formula is C28H24ClN3O6. The molecule has 0 spiro atoms. The van der Waals surface area contributed by atoms with Gasteiger partial charge < -0.3 is 14.8 Å². The Morgan fingerprint density at radius 3 is 2.47 bits per heavy atom. The molecule has 1 heterocycles. The normalized spacial score (nSPS) is 14.4. The lowest BCUT2D eigenvalue weighted by Gasteiger charge is -2.26. The van der Waals surface area contributed by atoms with Crippen molar-refractivity contribution in [1.82, 2.24) is 5.32 Å². The number of benzene rings is 3. The van der Waals surface area contributed by atoms with Crippen molar-refractivity contribution in [3.8, 4) is 11.5 Å². The second-order valence-corrected chi connectivity index (χ2v) is 8.87. The van der Waals surface area contributed by atoms with Crippen LogP contribution < -0.4 is 25.0 Å². The smallest absolute Gasteiger partial charge is 0.335 e. The molecule has 0 aromatic heterocycles. The largest absolute Gasteiger partial charge is 0.493 e. The standard InChI is InChI=1S/C28H24ClN3O6/c1-16-5-4-6-22(17(16)2)30-25(33)15-38-23-12-7-18(14-24(23)37-3)13-21-26(34)31-28(36)32(27(21)35)20-10-8-19(29)9-11-20/h4-14H,15H2,1-3H3,(H,30,33)(H,31,34,36)/b21-13-. The highest BCUT2D eigenvalue weighted by Gasteiger charge is 2.36. The van der Waals surface area contributed by atoms with E-state index in [4.69, 9.17) is 21.1 Å². The van der Waals surface area contributed by atoms with E-state index in [1.54, 1.807) is 18.2 Å². The predicted molar refractivity (Wildman–Crippen MR) is 143 cm³/mol. The lowest BCUT2D eigenvalue weighted by Crippen LogP contribution is -2.54. The molecule has 0 atom stereocenters. The number of urea groups is 1. The molecule has 5 amide bonds. The molecule has 0 aliphatic carbocycles. The molecule has 0 bridgehead atoms. The summed E-state index contributed by atoms with van der Waals surface area (Å²) in [5.74, 6) is -1.38. The number of imide groups is 2. The summed E-state index contributed by atoms with van der Waals surface area (Å²) in [6.45, 7) is 3.62. The molecule has 38 heavy (non-hydrogen) atoms. The Kier molecular flexibility index (Phi) is 7.78. The number of methoxy groups -OCH3 is 1. The lowest BCUT2D eigenvalue weighted by molar-refractivity contribution is -0.122. The highest BCUT2D eigenvalue weighted by atomic mass is 35.5. The number of halogens is 1. The van der Waals surface area contributed by atoms with Gasteiger partial charge in [0.05, 0.1) is 12.8 Å². The molecule has 2 N–H and O–H groups in total. The molecular weight excluding hydrogens is 510 g/mol. The van der Waals surface area contributed by atoms with Crippen LogP contribution in [0, 0.1) is 13.8 Å². The van der Waals surface area contributed by atoms with Crippen molar-refractivity contribution in [2.75, 3.05) is 23.9 Å². The number of hydrogen-bond donors (Lipinski definition) is 2. The third-order valence-corrected chi connectivity index (χ3v) is 6.17. The van der Waals surface area contributed by atoms with Gasteiger partial charge in [0.1, 0.15) is 5.57 Å². The SMILES string of the molecule is COc1cc(/C=C2/C(=O)NC(=O)N(c3ccc(Cl)cc3)C2=O)ccc1OCC(=O)Nc1cccc(C)c1C. The van der Waals surface area contributed by atoms with Crippen LogP contribution in [-0.4, -0.2) is 37.5 Å². The zero-order valence-corrected chi connectivity index (χ0v) is 21.6. The number of rotatable bonds is 7. The lowest BCUT2D eigenvalue weighted by atomic mass is 10.1. The van der Waals surface area contributed by atoms with Crippen LogP contribution in [0.2, 0.25) is 5.02 Å². The molecule has 3 aromatic rings. The van der Waals surface area contributed by atoms with Crippen molar-refractivity contribution in [2.45, 2.75) is 13.8 Å². The van der Waals surface area contributed by atoms with Gasteiger partial charge in [0, 0.05) is 10.7 Å². The van der Waals surface area contributed by atoms with Crippen molar-refractivity contribution < 1.29 is 28.7 Å². The topological polar surface area (TPSA) is 114 Å². The molecule has 4 rings (SSSR count). The van der Waals surface area contributed by atoms with Gasteiger partial charge in [0.25, 0.3) is 17.7 Å². The molecule has 10 heteroatoms. The minimum Gasteiger partial charge on any atom is -0.493 e. The first-order chi connectivity index (χ1) is 18.2. The summed E-state index contributed by atoms with van der Waals surface area (Å²) in [4.78, 5) is 51.2. The summed E-state index contributed by atoms with van der Waals surface area (Å²) < 4.78 is 11.0. The van der Waals surface area contributed by atoms with Crippen LogP contribution >= 0.6 is 11.6 Å². The summed E-state index contributed by atoms with van der Waals surface area (Å²) in [6, 6.07) is 15.5. The monoisotopic (exact) mass is 533 g/mol. The van der Waals surface area contributed by atoms with Crippen molar-refractivity contribution in [3.05, 3.63) is 87.9 Å². The fraction of sp³-hybridized carbons (Fsp3) is 0.143. The van der Waals surface area contributed by atoms with Gasteiger partial charge in [-0.1, -0.05) is 29.8 Å². The zero-order chi connectivity index (χ0) is 27.4. The van der Waals surface area contributed by atoms with Crippen molar-refractivity contribution in [3.63, 3.8) is 0 Å². The fourth-order valence-electron chi connectivity index (χ4n) is 3.76. The van der Waals surface area contributed by atoms with E-state index in [-0.39, 0.29) is 29.5 Å². The first-order valence-corrected chi connectivity index (χ1v) is 11.9. The molecule has 9 nitrogen and oxygen atoms in total. The first-order valence-electron chi connectivity index (χ1n) is 11.5. The van der Waals surface area contributed by atoms with Crippen molar-refractivity contribution in [1.29, 1.82) is 0 Å². The Morgan fingerprint density at radius 2 is 1.76 bits per heavy atom. The number of carbonyl (C=O) groups excluding carboxylic acids is 4. The summed E-state index contributed by atoms with van der Waals surface area (Å²) >= 11 is 5.90. The van der Waals surface area contributed by atoms with Gasteiger partial charge in [0.2, 0.25) is 0 Å². The molecule has 194 valence electrons. The summed E-state index contributed by atoms with van der Waals surface area (Å²) in [7, 11) is 1.43. The minimum absolute atomic E-state index is 0.247. The van der Waals surface area contributed by atoms with E-state index in [0.717, 1.165) is 16.0 Å². The number of ether oxygens (including phenoxy) is 2. The third-order valence-electron chi connectivity index (χ3n) is 5.92. The number of carbonyl (C=O) groups is 4. The van der Waals surface area contributed by atoms with Gasteiger partial charge in [-0.15, -0.1) is 0 Å². The number of nitrogens with one attached hydrogen (secondary N) is 2. The maximum Gasteiger partial charge on any atom is 0.335 e. The highest BCUT2D eigenvalue weighted by molar-refractivity contribution is 6.39. The van der Waals surface area contributed by atoms with Crippen LogP contribution in [0.25, 0.3) is 6.08 Å². The highest BCUT2D eigenvalue weighted by Crippen LogP contribution is 2.30. The van der Waals surface area contributed by atoms with Crippen LogP contribution in [0.15, 0.2) is 66.2 Å². The molecule has 0 saturated carbocycles. The van der Waals surface area contributed by atoms with Gasteiger partial charge >= 0.3 is 6.03 Å². The number of amides is 5. The van der Waals surface area contributed by atoms with Gasteiger partial charge in [-0.25, -0.2) is 9.69 Å². The molecule has 1 aliphatic rings. The molecule has 0 radical (unpaired) electrons. The molecule has 1 saturated heterocycles. The molecule has 1 aliphatic heterocycles. The maximum absolute atomic E-state index is 13.1. The van der Waals surface area contributed by atoms with Crippen LogP contribution in [0.3, 0.4) is 0 Å². The van der Waals surface area contributed by atoms with E-state index in [9.17, 15) is 19.2 Å². The van der Waals surface area contributed by atoms with Gasteiger partial charge in [0.15, 0.2) is 18.1 Å². The summed E-state index contributed by atoms with van der Waals surface area (Å²) in [6.07, 6.45) is 1.34. The summed E-state index contributed by atoms with van der Waals surface area (Å²) in [5.41, 5.74) is 3.18. The molecule has 3 aromatic carbocycles. The van der Waals surface area contributed by atoms with Crippen molar-refractivity contribution in [2.24, 2.45) is 0 Å². The third kappa shape index (κ3) is 5.68. The van der Waals surface area contributed by atoms with Crippen LogP contribution in [0.1, 0.15) is 16.7 Å².